The van der Waals surface area contributed by atoms with E-state index in [-0.39, 0.29) is 11.7 Å². The molecule has 0 radical (unpaired) electrons. The topological polar surface area (TPSA) is 61.2 Å². The molecule has 20 heavy (non-hydrogen) atoms. The van der Waals surface area contributed by atoms with E-state index in [1.807, 2.05) is 6.07 Å². The van der Waals surface area contributed by atoms with Gasteiger partial charge in [-0.25, -0.2) is 0 Å². The van der Waals surface area contributed by atoms with Gasteiger partial charge >= 0.3 is 0 Å². The van der Waals surface area contributed by atoms with E-state index in [0.29, 0.717) is 23.7 Å². The Bertz CT molecular complexity index is 579. The molecular weight excluding hydrogens is 276 g/mol. The molecule has 0 N–H and O–H groups in total. The minimum atomic E-state index is -0.747. The number of benzene rings is 1. The Labute approximate surface area is 122 Å². The predicted molar refractivity (Wildman–Crippen MR) is 76.3 cm³/mol. The maximum Gasteiger partial charge on any atom is 0.237 e. The van der Waals surface area contributed by atoms with Crippen LogP contribution in [0.3, 0.4) is 0 Å². The van der Waals surface area contributed by atoms with Gasteiger partial charge in [0, 0.05) is 17.3 Å². The van der Waals surface area contributed by atoms with Gasteiger partial charge < -0.3 is 4.90 Å². The normalized spacial score (nSPS) is 20.4. The van der Waals surface area contributed by atoms with E-state index in [2.05, 4.69) is 0 Å². The number of ketones is 1. The van der Waals surface area contributed by atoms with E-state index in [0.717, 1.165) is 6.42 Å². The Balaban J connectivity index is 2.23. The van der Waals surface area contributed by atoms with E-state index in [9.17, 15) is 9.59 Å². The summed E-state index contributed by atoms with van der Waals surface area (Å²) in [6.45, 7) is 2.11. The molecule has 0 aromatic heterocycles. The van der Waals surface area contributed by atoms with Crippen molar-refractivity contribution in [3.63, 3.8) is 0 Å². The maximum absolute atomic E-state index is 12.5. The Hall–Kier alpha value is -1.86. The van der Waals surface area contributed by atoms with Crippen LogP contribution < -0.4 is 4.90 Å². The highest BCUT2D eigenvalue weighted by atomic mass is 35.5. The second-order valence-corrected chi connectivity index (χ2v) is 5.35. The first-order chi connectivity index (χ1) is 9.54. The molecule has 1 saturated heterocycles. The number of Topliss-reactive ketones (excluding diaryl/α,β-unsaturated/α-hetero) is 1. The lowest BCUT2D eigenvalue weighted by Crippen LogP contribution is -2.45. The lowest BCUT2D eigenvalue weighted by Gasteiger charge is -2.32. The van der Waals surface area contributed by atoms with Crippen LogP contribution in [0.25, 0.3) is 0 Å². The molecule has 1 amide bonds. The number of anilines is 1. The number of halogens is 1. The third-order valence-electron chi connectivity index (χ3n) is 3.52. The van der Waals surface area contributed by atoms with Crippen molar-refractivity contribution < 1.29 is 9.59 Å². The number of carbonyl (C=O) groups is 2. The standard InChI is InChI=1S/C15H15ClN2O2/c1-10(9-17)14(19)13-6-3-7-18(15(13)20)12-5-2-4-11(16)8-12/h2,4-5,8,10,13H,3,6-7H2,1H3/t10-,13+/m1/s1. The summed E-state index contributed by atoms with van der Waals surface area (Å²) in [6, 6.07) is 8.92. The van der Waals surface area contributed by atoms with Crippen LogP contribution in [0.2, 0.25) is 5.02 Å². The second kappa shape index (κ2) is 6.06. The molecule has 0 bridgehead atoms. The van der Waals surface area contributed by atoms with Crippen LogP contribution in [0.1, 0.15) is 19.8 Å². The molecule has 2 atom stereocenters. The molecule has 0 spiro atoms. The van der Waals surface area contributed by atoms with Gasteiger partial charge in [-0.15, -0.1) is 0 Å². The van der Waals surface area contributed by atoms with Gasteiger partial charge in [0.25, 0.3) is 0 Å². The molecular formula is C15H15ClN2O2. The van der Waals surface area contributed by atoms with Crippen LogP contribution in [0.5, 0.6) is 0 Å². The second-order valence-electron chi connectivity index (χ2n) is 4.92. The number of nitriles is 1. The maximum atomic E-state index is 12.5. The van der Waals surface area contributed by atoms with Crippen LogP contribution in [0.15, 0.2) is 24.3 Å². The Morgan fingerprint density at radius 3 is 2.95 bits per heavy atom. The highest BCUT2D eigenvalue weighted by Crippen LogP contribution is 2.28. The Morgan fingerprint density at radius 1 is 1.55 bits per heavy atom. The summed E-state index contributed by atoms with van der Waals surface area (Å²) in [6.07, 6.45) is 1.26. The first-order valence-electron chi connectivity index (χ1n) is 6.55. The molecule has 5 heteroatoms. The summed E-state index contributed by atoms with van der Waals surface area (Å²) in [5.74, 6) is -1.98. The van der Waals surface area contributed by atoms with Crippen LogP contribution in [-0.4, -0.2) is 18.2 Å². The molecule has 2 rings (SSSR count). The van der Waals surface area contributed by atoms with Crippen LogP contribution in [-0.2, 0) is 9.59 Å². The van der Waals surface area contributed by atoms with E-state index >= 15 is 0 Å². The third kappa shape index (κ3) is 2.83. The third-order valence-corrected chi connectivity index (χ3v) is 3.76. The fourth-order valence-corrected chi connectivity index (χ4v) is 2.59. The first kappa shape index (κ1) is 14.5. The minimum absolute atomic E-state index is 0.231. The summed E-state index contributed by atoms with van der Waals surface area (Å²) < 4.78 is 0. The van der Waals surface area contributed by atoms with Crippen molar-refractivity contribution in [3.8, 4) is 6.07 Å². The molecule has 104 valence electrons. The number of amides is 1. The summed E-state index contributed by atoms with van der Waals surface area (Å²) in [4.78, 5) is 26.1. The number of rotatable bonds is 3. The van der Waals surface area contributed by atoms with E-state index < -0.39 is 11.8 Å². The van der Waals surface area contributed by atoms with Crippen molar-refractivity contribution in [1.29, 1.82) is 5.26 Å². The molecule has 0 saturated carbocycles. The zero-order valence-electron chi connectivity index (χ0n) is 11.2. The van der Waals surface area contributed by atoms with Crippen molar-refractivity contribution in [2.75, 3.05) is 11.4 Å². The molecule has 1 aromatic rings. The number of nitrogens with zero attached hydrogens (tertiary/aromatic N) is 2. The highest BCUT2D eigenvalue weighted by molar-refractivity contribution is 6.31. The smallest absolute Gasteiger partial charge is 0.237 e. The monoisotopic (exact) mass is 290 g/mol. The number of carbonyl (C=O) groups excluding carboxylic acids is 2. The summed E-state index contributed by atoms with van der Waals surface area (Å²) >= 11 is 5.94. The van der Waals surface area contributed by atoms with Crippen LogP contribution in [0, 0.1) is 23.2 Å². The SMILES string of the molecule is C[C@H](C#N)C(=O)[C@@H]1CCCN(c2cccc(Cl)c2)C1=O. The van der Waals surface area contributed by atoms with E-state index in [4.69, 9.17) is 16.9 Å². The fraction of sp³-hybridized carbons (Fsp3) is 0.400. The van der Waals surface area contributed by atoms with Crippen molar-refractivity contribution in [2.45, 2.75) is 19.8 Å². The lowest BCUT2D eigenvalue weighted by molar-refractivity contribution is -0.135. The van der Waals surface area contributed by atoms with Gasteiger partial charge in [-0.3, -0.25) is 9.59 Å². The number of hydrogen-bond donors (Lipinski definition) is 0. The molecule has 1 fully saturated rings. The summed E-state index contributed by atoms with van der Waals surface area (Å²) in [7, 11) is 0. The molecule has 4 nitrogen and oxygen atoms in total. The van der Waals surface area contributed by atoms with Crippen LogP contribution >= 0.6 is 11.6 Å². The highest BCUT2D eigenvalue weighted by Gasteiger charge is 2.36. The zero-order valence-corrected chi connectivity index (χ0v) is 11.9. The van der Waals surface area contributed by atoms with Gasteiger partial charge in [-0.2, -0.15) is 5.26 Å². The largest absolute Gasteiger partial charge is 0.312 e. The van der Waals surface area contributed by atoms with E-state index in [1.54, 1.807) is 29.2 Å². The zero-order chi connectivity index (χ0) is 14.7. The minimum Gasteiger partial charge on any atom is -0.312 e. The number of piperidine rings is 1. The van der Waals surface area contributed by atoms with Gasteiger partial charge in [0.15, 0.2) is 5.78 Å². The lowest BCUT2D eigenvalue weighted by atomic mass is 9.87. The van der Waals surface area contributed by atoms with Gasteiger partial charge in [0.1, 0.15) is 5.92 Å². The van der Waals surface area contributed by atoms with Crippen LogP contribution in [0.4, 0.5) is 5.69 Å². The fourth-order valence-electron chi connectivity index (χ4n) is 2.41. The molecule has 1 aliphatic rings. The average Bonchev–Trinajstić information content (AvgIpc) is 2.46. The molecule has 0 unspecified atom stereocenters. The quantitative estimate of drug-likeness (QED) is 0.804. The Kier molecular flexibility index (Phi) is 4.41. The summed E-state index contributed by atoms with van der Waals surface area (Å²) in [5.41, 5.74) is 0.699. The molecule has 1 aromatic carbocycles. The van der Waals surface area contributed by atoms with Gasteiger partial charge in [0.05, 0.1) is 12.0 Å². The molecule has 0 aliphatic carbocycles. The number of hydrogen-bond acceptors (Lipinski definition) is 3. The van der Waals surface area contributed by atoms with Gasteiger partial charge in [-0.05, 0) is 38.0 Å². The van der Waals surface area contributed by atoms with Crippen molar-refractivity contribution in [2.24, 2.45) is 11.8 Å². The predicted octanol–water partition coefficient (Wildman–Crippen LogP) is 2.81. The Morgan fingerprint density at radius 2 is 2.30 bits per heavy atom. The summed E-state index contributed by atoms with van der Waals surface area (Å²) in [5, 5.41) is 9.38. The van der Waals surface area contributed by atoms with Gasteiger partial charge in [0.2, 0.25) is 5.91 Å². The van der Waals surface area contributed by atoms with Crippen molar-refractivity contribution in [1.82, 2.24) is 0 Å². The van der Waals surface area contributed by atoms with Gasteiger partial charge in [-0.1, -0.05) is 17.7 Å². The molecule has 1 heterocycles. The average molecular weight is 291 g/mol. The van der Waals surface area contributed by atoms with Crippen molar-refractivity contribution in [3.05, 3.63) is 29.3 Å². The van der Waals surface area contributed by atoms with Crippen molar-refractivity contribution >= 4 is 29.0 Å². The van der Waals surface area contributed by atoms with E-state index in [1.165, 1.54) is 6.92 Å². The molecule has 1 aliphatic heterocycles. The first-order valence-corrected chi connectivity index (χ1v) is 6.92.